The summed E-state index contributed by atoms with van der Waals surface area (Å²) in [7, 11) is 0. The number of benzene rings is 1. The van der Waals surface area contributed by atoms with Gasteiger partial charge in [0.1, 0.15) is 0 Å². The van der Waals surface area contributed by atoms with Crippen LogP contribution in [0.5, 0.6) is 0 Å². The third-order valence-corrected chi connectivity index (χ3v) is 4.07. The van der Waals surface area contributed by atoms with E-state index in [0.29, 0.717) is 5.92 Å². The van der Waals surface area contributed by atoms with Gasteiger partial charge in [-0.05, 0) is 43.0 Å². The van der Waals surface area contributed by atoms with Gasteiger partial charge in [-0.25, -0.2) is 0 Å². The lowest BCUT2D eigenvalue weighted by molar-refractivity contribution is 0.0220. The summed E-state index contributed by atoms with van der Waals surface area (Å²) in [6, 6.07) is 10.0. The molecular formula is C15H18N2O. The Labute approximate surface area is 108 Å². The van der Waals surface area contributed by atoms with Crippen LogP contribution in [0.25, 0.3) is 0 Å². The van der Waals surface area contributed by atoms with Gasteiger partial charge in [-0.3, -0.25) is 0 Å². The standard InChI is InChI=1S/C15H18N2O/c1-12-8-15(18-10-12)6-7-17(11-15)14-4-2-13(9-16)3-5-14/h2-5,12H,6-8,10-11H2,1H3. The molecule has 1 aromatic carbocycles. The van der Waals surface area contributed by atoms with E-state index < -0.39 is 0 Å². The summed E-state index contributed by atoms with van der Waals surface area (Å²) in [4.78, 5) is 2.37. The van der Waals surface area contributed by atoms with Crippen LogP contribution in [0.1, 0.15) is 25.3 Å². The second kappa shape index (κ2) is 4.29. The van der Waals surface area contributed by atoms with Gasteiger partial charge in [0.25, 0.3) is 0 Å². The first-order valence-corrected chi connectivity index (χ1v) is 6.60. The van der Waals surface area contributed by atoms with Crippen molar-refractivity contribution >= 4 is 5.69 Å². The first-order chi connectivity index (χ1) is 8.71. The second-order valence-electron chi connectivity index (χ2n) is 5.63. The maximum absolute atomic E-state index is 8.81. The van der Waals surface area contributed by atoms with Crippen molar-refractivity contribution in [2.75, 3.05) is 24.6 Å². The van der Waals surface area contributed by atoms with E-state index in [9.17, 15) is 0 Å². The van der Waals surface area contributed by atoms with Gasteiger partial charge in [-0.2, -0.15) is 5.26 Å². The zero-order chi connectivity index (χ0) is 12.6. The van der Waals surface area contributed by atoms with E-state index in [1.165, 1.54) is 12.1 Å². The molecule has 1 aromatic rings. The van der Waals surface area contributed by atoms with Crippen LogP contribution in [0.4, 0.5) is 5.69 Å². The molecule has 0 amide bonds. The molecule has 0 aromatic heterocycles. The van der Waals surface area contributed by atoms with Crippen LogP contribution in [-0.4, -0.2) is 25.3 Å². The number of ether oxygens (including phenoxy) is 1. The summed E-state index contributed by atoms with van der Waals surface area (Å²) in [6.45, 7) is 5.21. The zero-order valence-corrected chi connectivity index (χ0v) is 10.7. The molecule has 3 rings (SSSR count). The summed E-state index contributed by atoms with van der Waals surface area (Å²) < 4.78 is 6.02. The van der Waals surface area contributed by atoms with E-state index in [1.54, 1.807) is 0 Å². The molecule has 0 N–H and O–H groups in total. The summed E-state index contributed by atoms with van der Waals surface area (Å²) in [5.41, 5.74) is 2.01. The van der Waals surface area contributed by atoms with Crippen LogP contribution in [0.2, 0.25) is 0 Å². The van der Waals surface area contributed by atoms with Gasteiger partial charge in [-0.15, -0.1) is 0 Å². The monoisotopic (exact) mass is 242 g/mol. The average molecular weight is 242 g/mol. The number of hydrogen-bond acceptors (Lipinski definition) is 3. The van der Waals surface area contributed by atoms with Crippen LogP contribution < -0.4 is 4.90 Å². The molecule has 2 fully saturated rings. The van der Waals surface area contributed by atoms with Crippen LogP contribution in [0.15, 0.2) is 24.3 Å². The number of hydrogen-bond donors (Lipinski definition) is 0. The van der Waals surface area contributed by atoms with E-state index in [4.69, 9.17) is 10.00 Å². The number of nitriles is 1. The largest absolute Gasteiger partial charge is 0.373 e. The Kier molecular flexibility index (Phi) is 2.76. The fraction of sp³-hybridized carbons (Fsp3) is 0.533. The highest BCUT2D eigenvalue weighted by Crippen LogP contribution is 2.39. The van der Waals surface area contributed by atoms with Gasteiger partial charge in [0.05, 0.1) is 23.8 Å². The zero-order valence-electron chi connectivity index (χ0n) is 10.7. The normalized spacial score (nSPS) is 30.9. The Bertz CT molecular complexity index is 476. The first-order valence-electron chi connectivity index (χ1n) is 6.60. The van der Waals surface area contributed by atoms with Crippen LogP contribution in [0.3, 0.4) is 0 Å². The highest BCUT2D eigenvalue weighted by atomic mass is 16.5. The Hall–Kier alpha value is -1.53. The number of nitrogens with zero attached hydrogens (tertiary/aromatic N) is 2. The van der Waals surface area contributed by atoms with Crippen LogP contribution in [-0.2, 0) is 4.74 Å². The van der Waals surface area contributed by atoms with Crippen molar-refractivity contribution < 1.29 is 4.74 Å². The minimum absolute atomic E-state index is 0.0906. The van der Waals surface area contributed by atoms with E-state index in [0.717, 1.165) is 31.7 Å². The summed E-state index contributed by atoms with van der Waals surface area (Å²) in [5.74, 6) is 0.686. The van der Waals surface area contributed by atoms with Crippen LogP contribution >= 0.6 is 0 Å². The molecule has 2 unspecified atom stereocenters. The average Bonchev–Trinajstić information content (AvgIpc) is 2.97. The molecule has 2 saturated heterocycles. The molecule has 0 bridgehead atoms. The minimum Gasteiger partial charge on any atom is -0.373 e. The number of anilines is 1. The van der Waals surface area contributed by atoms with Gasteiger partial charge in [0.2, 0.25) is 0 Å². The van der Waals surface area contributed by atoms with Crippen molar-refractivity contribution in [1.82, 2.24) is 0 Å². The molecule has 0 saturated carbocycles. The molecule has 2 aliphatic rings. The molecule has 2 atom stereocenters. The lowest BCUT2D eigenvalue weighted by Crippen LogP contribution is -2.32. The van der Waals surface area contributed by atoms with Gasteiger partial charge in [0.15, 0.2) is 0 Å². The van der Waals surface area contributed by atoms with Crippen molar-refractivity contribution in [1.29, 1.82) is 5.26 Å². The predicted octanol–water partition coefficient (Wildman–Crippen LogP) is 2.56. The molecule has 0 radical (unpaired) electrons. The third-order valence-electron chi connectivity index (χ3n) is 4.07. The molecule has 0 aliphatic carbocycles. The quantitative estimate of drug-likeness (QED) is 0.759. The minimum atomic E-state index is 0.0906. The van der Waals surface area contributed by atoms with Gasteiger partial charge < -0.3 is 9.64 Å². The van der Waals surface area contributed by atoms with Gasteiger partial charge in [0, 0.05) is 18.8 Å². The lowest BCUT2D eigenvalue weighted by Gasteiger charge is -2.24. The highest BCUT2D eigenvalue weighted by molar-refractivity contribution is 5.51. The Balaban J connectivity index is 1.73. The first kappa shape index (κ1) is 11.6. The van der Waals surface area contributed by atoms with E-state index >= 15 is 0 Å². The summed E-state index contributed by atoms with van der Waals surface area (Å²) >= 11 is 0. The fourth-order valence-corrected chi connectivity index (χ4v) is 3.17. The third kappa shape index (κ3) is 1.97. The topological polar surface area (TPSA) is 36.3 Å². The Morgan fingerprint density at radius 1 is 1.39 bits per heavy atom. The highest BCUT2D eigenvalue weighted by Gasteiger charge is 2.44. The molecule has 3 nitrogen and oxygen atoms in total. The number of rotatable bonds is 1. The van der Waals surface area contributed by atoms with Crippen molar-refractivity contribution in [2.45, 2.75) is 25.4 Å². The van der Waals surface area contributed by atoms with Crippen molar-refractivity contribution in [3.05, 3.63) is 29.8 Å². The SMILES string of the molecule is CC1COC2(CCN(c3ccc(C#N)cc3)C2)C1. The molecule has 1 spiro atoms. The van der Waals surface area contributed by atoms with Gasteiger partial charge in [-0.1, -0.05) is 6.92 Å². The van der Waals surface area contributed by atoms with E-state index in [-0.39, 0.29) is 5.60 Å². The maximum Gasteiger partial charge on any atom is 0.0991 e. The fourth-order valence-electron chi connectivity index (χ4n) is 3.17. The van der Waals surface area contributed by atoms with E-state index in [1.807, 2.05) is 24.3 Å². The molecule has 18 heavy (non-hydrogen) atoms. The molecule has 2 aliphatic heterocycles. The predicted molar refractivity (Wildman–Crippen MR) is 70.5 cm³/mol. The van der Waals surface area contributed by atoms with Crippen molar-refractivity contribution in [2.24, 2.45) is 5.92 Å². The molecular weight excluding hydrogens is 224 g/mol. The lowest BCUT2D eigenvalue weighted by atomic mass is 9.94. The summed E-state index contributed by atoms with van der Waals surface area (Å²) in [6.07, 6.45) is 2.30. The second-order valence-corrected chi connectivity index (χ2v) is 5.63. The maximum atomic E-state index is 8.81. The van der Waals surface area contributed by atoms with Crippen LogP contribution in [0, 0.1) is 17.2 Å². The van der Waals surface area contributed by atoms with E-state index in [2.05, 4.69) is 17.9 Å². The molecule has 2 heterocycles. The molecule has 3 heteroatoms. The molecule has 94 valence electrons. The Morgan fingerprint density at radius 3 is 2.78 bits per heavy atom. The Morgan fingerprint density at radius 2 is 2.17 bits per heavy atom. The van der Waals surface area contributed by atoms with Crippen molar-refractivity contribution in [3.8, 4) is 6.07 Å². The smallest absolute Gasteiger partial charge is 0.0991 e. The summed E-state index contributed by atoms with van der Waals surface area (Å²) in [5, 5.41) is 8.81. The van der Waals surface area contributed by atoms with Gasteiger partial charge >= 0.3 is 0 Å². The van der Waals surface area contributed by atoms with Crippen molar-refractivity contribution in [3.63, 3.8) is 0 Å².